The largest absolute Gasteiger partial charge is 0.493 e. The first-order chi connectivity index (χ1) is 8.70. The molecule has 0 bridgehead atoms. The highest BCUT2D eigenvalue weighted by Gasteiger charge is 2.12. The van der Waals surface area contributed by atoms with E-state index in [0.29, 0.717) is 6.54 Å². The molecule has 0 aliphatic carbocycles. The molecule has 0 fully saturated rings. The molecule has 1 aromatic carbocycles. The lowest BCUT2D eigenvalue weighted by molar-refractivity contribution is 0.134. The number of aryl methyl sites for hydroxylation is 1. The summed E-state index contributed by atoms with van der Waals surface area (Å²) in [5, 5.41) is 0. The molecule has 4 nitrogen and oxygen atoms in total. The Kier molecular flexibility index (Phi) is 4.07. The van der Waals surface area contributed by atoms with Crippen LogP contribution in [0.2, 0.25) is 0 Å². The molecular weight excluding hydrogens is 230 g/mol. The van der Waals surface area contributed by atoms with Crippen molar-refractivity contribution in [3.8, 4) is 5.75 Å². The Hall–Kier alpha value is -1.71. The number of fused-ring (bicyclic) bond motifs is 1. The summed E-state index contributed by atoms with van der Waals surface area (Å²) in [5.74, 6) is 1.01. The molecule has 0 aromatic heterocycles. The molecule has 0 spiro atoms. The van der Waals surface area contributed by atoms with Crippen LogP contribution < -0.4 is 4.74 Å². The van der Waals surface area contributed by atoms with E-state index < -0.39 is 0 Å². The van der Waals surface area contributed by atoms with E-state index in [9.17, 15) is 4.79 Å². The van der Waals surface area contributed by atoms with Gasteiger partial charge in [0.25, 0.3) is 0 Å². The number of benzene rings is 1. The summed E-state index contributed by atoms with van der Waals surface area (Å²) in [7, 11) is 3.14. The number of hydrogen-bond acceptors (Lipinski definition) is 3. The Labute approximate surface area is 107 Å². The molecule has 1 aromatic rings. The van der Waals surface area contributed by atoms with Crippen molar-refractivity contribution in [1.29, 1.82) is 0 Å². The van der Waals surface area contributed by atoms with Crippen molar-refractivity contribution >= 4 is 6.09 Å². The summed E-state index contributed by atoms with van der Waals surface area (Å²) in [6.07, 6.45) is 2.70. The molecular formula is C14H19NO3. The molecule has 1 heterocycles. The maximum absolute atomic E-state index is 11.2. The number of methoxy groups -OCH3 is 1. The van der Waals surface area contributed by atoms with Crippen molar-refractivity contribution in [2.45, 2.75) is 19.3 Å². The minimum Gasteiger partial charge on any atom is -0.493 e. The highest BCUT2D eigenvalue weighted by Crippen LogP contribution is 2.25. The van der Waals surface area contributed by atoms with Crippen molar-refractivity contribution in [1.82, 2.24) is 4.90 Å². The van der Waals surface area contributed by atoms with Gasteiger partial charge in [0.15, 0.2) is 0 Å². The van der Waals surface area contributed by atoms with Crippen LogP contribution in [0, 0.1) is 0 Å². The Morgan fingerprint density at radius 1 is 1.50 bits per heavy atom. The Morgan fingerprint density at radius 3 is 3.11 bits per heavy atom. The van der Waals surface area contributed by atoms with Crippen LogP contribution in [0.3, 0.4) is 0 Å². The summed E-state index contributed by atoms with van der Waals surface area (Å²) in [5.41, 5.74) is 2.51. The Morgan fingerprint density at radius 2 is 2.33 bits per heavy atom. The van der Waals surface area contributed by atoms with E-state index in [-0.39, 0.29) is 6.09 Å². The second-order valence-corrected chi connectivity index (χ2v) is 4.54. The minimum absolute atomic E-state index is 0.295. The van der Waals surface area contributed by atoms with Gasteiger partial charge in [0.1, 0.15) is 5.75 Å². The standard InChI is InChI=1S/C14H19NO3/c1-15(14(16)17-2)8-7-11-5-6-13-12(10-11)4-3-9-18-13/h5-6,10H,3-4,7-9H2,1-2H3. The Balaban J connectivity index is 1.96. The quantitative estimate of drug-likeness (QED) is 0.824. The fourth-order valence-electron chi connectivity index (χ4n) is 2.11. The molecule has 0 radical (unpaired) electrons. The number of carbonyl (C=O) groups excluding carboxylic acids is 1. The van der Waals surface area contributed by atoms with Crippen molar-refractivity contribution in [2.24, 2.45) is 0 Å². The highest BCUT2D eigenvalue weighted by atomic mass is 16.5. The second-order valence-electron chi connectivity index (χ2n) is 4.54. The van der Waals surface area contributed by atoms with E-state index in [4.69, 9.17) is 4.74 Å². The molecule has 0 saturated heterocycles. The molecule has 0 saturated carbocycles. The summed E-state index contributed by atoms with van der Waals surface area (Å²) < 4.78 is 10.2. The van der Waals surface area contributed by atoms with Crippen LogP contribution in [0.1, 0.15) is 17.5 Å². The summed E-state index contributed by atoms with van der Waals surface area (Å²) in [6, 6.07) is 6.27. The first-order valence-corrected chi connectivity index (χ1v) is 6.24. The van der Waals surface area contributed by atoms with Crippen LogP contribution >= 0.6 is 0 Å². The number of rotatable bonds is 3. The van der Waals surface area contributed by atoms with E-state index in [1.165, 1.54) is 18.2 Å². The van der Waals surface area contributed by atoms with Gasteiger partial charge in [-0.15, -0.1) is 0 Å². The molecule has 98 valence electrons. The van der Waals surface area contributed by atoms with E-state index in [1.807, 2.05) is 6.07 Å². The van der Waals surface area contributed by atoms with E-state index in [2.05, 4.69) is 16.9 Å². The molecule has 1 amide bonds. The maximum atomic E-state index is 11.2. The van der Waals surface area contributed by atoms with Crippen LogP contribution in [-0.4, -0.2) is 38.3 Å². The van der Waals surface area contributed by atoms with Gasteiger partial charge < -0.3 is 14.4 Å². The number of carbonyl (C=O) groups is 1. The van der Waals surface area contributed by atoms with Crippen molar-refractivity contribution in [3.63, 3.8) is 0 Å². The molecule has 1 aliphatic heterocycles. The number of nitrogens with zero attached hydrogens (tertiary/aromatic N) is 1. The van der Waals surface area contributed by atoms with Crippen molar-refractivity contribution in [3.05, 3.63) is 29.3 Å². The lowest BCUT2D eigenvalue weighted by Gasteiger charge is -2.19. The predicted octanol–water partition coefficient (Wildman–Crippen LogP) is 2.25. The normalized spacial score (nSPS) is 13.4. The van der Waals surface area contributed by atoms with Crippen LogP contribution in [-0.2, 0) is 17.6 Å². The third kappa shape index (κ3) is 2.94. The lowest BCUT2D eigenvalue weighted by atomic mass is 10.0. The SMILES string of the molecule is COC(=O)N(C)CCc1ccc2c(c1)CCCO2. The minimum atomic E-state index is -0.295. The third-order valence-corrected chi connectivity index (χ3v) is 3.20. The summed E-state index contributed by atoms with van der Waals surface area (Å²) >= 11 is 0. The zero-order chi connectivity index (χ0) is 13.0. The van der Waals surface area contributed by atoms with Gasteiger partial charge in [-0.05, 0) is 36.5 Å². The molecule has 4 heteroatoms. The maximum Gasteiger partial charge on any atom is 0.409 e. The van der Waals surface area contributed by atoms with Gasteiger partial charge in [-0.2, -0.15) is 0 Å². The van der Waals surface area contributed by atoms with Crippen LogP contribution in [0.4, 0.5) is 4.79 Å². The van der Waals surface area contributed by atoms with E-state index >= 15 is 0 Å². The smallest absolute Gasteiger partial charge is 0.409 e. The van der Waals surface area contributed by atoms with Gasteiger partial charge in [-0.25, -0.2) is 4.79 Å². The Bertz CT molecular complexity index is 431. The van der Waals surface area contributed by atoms with Crippen molar-refractivity contribution < 1.29 is 14.3 Å². The van der Waals surface area contributed by atoms with E-state index in [0.717, 1.165) is 31.6 Å². The number of amides is 1. The molecule has 2 rings (SSSR count). The highest BCUT2D eigenvalue weighted by molar-refractivity contribution is 5.66. The first-order valence-electron chi connectivity index (χ1n) is 6.24. The van der Waals surface area contributed by atoms with Crippen LogP contribution in [0.5, 0.6) is 5.75 Å². The van der Waals surface area contributed by atoms with Gasteiger partial charge >= 0.3 is 6.09 Å². The third-order valence-electron chi connectivity index (χ3n) is 3.20. The molecule has 1 aliphatic rings. The van der Waals surface area contributed by atoms with Gasteiger partial charge in [0.2, 0.25) is 0 Å². The number of likely N-dealkylation sites (N-methyl/N-ethyl adjacent to an activating group) is 1. The predicted molar refractivity (Wildman–Crippen MR) is 69.0 cm³/mol. The topological polar surface area (TPSA) is 38.8 Å². The average Bonchev–Trinajstić information content (AvgIpc) is 2.43. The first kappa shape index (κ1) is 12.7. The van der Waals surface area contributed by atoms with Gasteiger partial charge in [0, 0.05) is 13.6 Å². The molecule has 18 heavy (non-hydrogen) atoms. The van der Waals surface area contributed by atoms with Gasteiger partial charge in [-0.3, -0.25) is 0 Å². The fourth-order valence-corrected chi connectivity index (χ4v) is 2.11. The van der Waals surface area contributed by atoms with Gasteiger partial charge in [0.05, 0.1) is 13.7 Å². The molecule has 0 N–H and O–H groups in total. The number of ether oxygens (including phenoxy) is 2. The molecule has 0 atom stereocenters. The fraction of sp³-hybridized carbons (Fsp3) is 0.500. The average molecular weight is 249 g/mol. The van der Waals surface area contributed by atoms with Crippen LogP contribution in [0.25, 0.3) is 0 Å². The van der Waals surface area contributed by atoms with Crippen molar-refractivity contribution in [2.75, 3.05) is 27.3 Å². The number of hydrogen-bond donors (Lipinski definition) is 0. The van der Waals surface area contributed by atoms with Gasteiger partial charge in [-0.1, -0.05) is 12.1 Å². The zero-order valence-electron chi connectivity index (χ0n) is 10.9. The van der Waals surface area contributed by atoms with Crippen LogP contribution in [0.15, 0.2) is 18.2 Å². The summed E-state index contributed by atoms with van der Waals surface area (Å²) in [6.45, 7) is 1.48. The second kappa shape index (κ2) is 5.76. The summed E-state index contributed by atoms with van der Waals surface area (Å²) in [4.78, 5) is 12.8. The zero-order valence-corrected chi connectivity index (χ0v) is 10.9. The lowest BCUT2D eigenvalue weighted by Crippen LogP contribution is -2.28. The monoisotopic (exact) mass is 249 g/mol. The molecule has 0 unspecified atom stereocenters. The van der Waals surface area contributed by atoms with E-state index in [1.54, 1.807) is 11.9 Å².